The molecule has 222 valence electrons. The third-order valence-corrected chi connectivity index (χ3v) is 7.67. The van der Waals surface area contributed by atoms with E-state index in [9.17, 15) is 13.6 Å². The number of rotatable bonds is 7. The van der Waals surface area contributed by atoms with Crippen molar-refractivity contribution in [3.63, 3.8) is 0 Å². The summed E-state index contributed by atoms with van der Waals surface area (Å²) in [6.07, 6.45) is 5.10. The molecule has 0 bridgehead atoms. The number of fused-ring (bicyclic) bond motifs is 1. The van der Waals surface area contributed by atoms with Gasteiger partial charge in [-0.25, -0.2) is 9.97 Å². The van der Waals surface area contributed by atoms with E-state index >= 15 is 0 Å². The molecule has 2 aromatic carbocycles. The zero-order chi connectivity index (χ0) is 30.2. The van der Waals surface area contributed by atoms with Crippen LogP contribution >= 0.6 is 0 Å². The molecule has 0 aliphatic carbocycles. The summed E-state index contributed by atoms with van der Waals surface area (Å²) in [5.74, 6) is 0.342. The Labute approximate surface area is 249 Å². The minimum absolute atomic E-state index is 0.177. The van der Waals surface area contributed by atoms with Crippen LogP contribution in [0.25, 0.3) is 33.8 Å². The Morgan fingerprint density at radius 1 is 0.977 bits per heavy atom. The molecule has 7 rings (SSSR count). The van der Waals surface area contributed by atoms with Crippen molar-refractivity contribution in [3.8, 4) is 22.7 Å². The quantitative estimate of drug-likeness (QED) is 0.266. The van der Waals surface area contributed by atoms with Crippen molar-refractivity contribution in [2.75, 3.05) is 26.2 Å². The number of carbonyl (C=O) groups excluding carboxylic acids is 1. The van der Waals surface area contributed by atoms with Gasteiger partial charge in [0.1, 0.15) is 11.2 Å². The van der Waals surface area contributed by atoms with Gasteiger partial charge in [-0.1, -0.05) is 35.1 Å². The van der Waals surface area contributed by atoms with E-state index in [0.29, 0.717) is 53.5 Å². The van der Waals surface area contributed by atoms with Gasteiger partial charge < -0.3 is 13.9 Å². The van der Waals surface area contributed by atoms with E-state index in [1.807, 2.05) is 60.1 Å². The highest BCUT2D eigenvalue weighted by molar-refractivity contribution is 5.93. The molecule has 0 saturated carbocycles. The topological polar surface area (TPSA) is 124 Å². The first-order valence-electron chi connectivity index (χ1n) is 13.9. The van der Waals surface area contributed by atoms with Crippen LogP contribution in [0.2, 0.25) is 0 Å². The number of pyridine rings is 1. The number of aromatic nitrogens is 8. The predicted octanol–water partition coefficient (Wildman–Crippen LogP) is 4.22. The fourth-order valence-corrected chi connectivity index (χ4v) is 5.46. The highest BCUT2D eigenvalue weighted by atomic mass is 19.3. The second-order valence-corrected chi connectivity index (χ2v) is 10.4. The van der Waals surface area contributed by atoms with Crippen LogP contribution in [0.4, 0.5) is 8.78 Å². The van der Waals surface area contributed by atoms with E-state index in [4.69, 9.17) is 4.42 Å². The maximum atomic E-state index is 13.5. The second-order valence-electron chi connectivity index (χ2n) is 10.4. The molecular weight excluding hydrogens is 570 g/mol. The molecular formula is C30H26F2N10O2. The lowest BCUT2D eigenvalue weighted by Gasteiger charge is -2.38. The maximum Gasteiger partial charge on any atom is 0.350 e. The molecule has 14 heteroatoms. The number of alkyl halides is 2. The van der Waals surface area contributed by atoms with Gasteiger partial charge in [-0.15, -0.1) is 10.2 Å². The van der Waals surface area contributed by atoms with E-state index in [1.165, 1.54) is 0 Å². The number of halogens is 2. The number of amides is 1. The number of benzene rings is 2. The van der Waals surface area contributed by atoms with Crippen molar-refractivity contribution in [1.29, 1.82) is 0 Å². The number of tetrazole rings is 1. The largest absolute Gasteiger partial charge is 0.436 e. The van der Waals surface area contributed by atoms with Crippen LogP contribution in [0.1, 0.15) is 34.5 Å². The Balaban J connectivity index is 1.08. The Bertz CT molecular complexity index is 1930. The van der Waals surface area contributed by atoms with Gasteiger partial charge in [0.2, 0.25) is 5.89 Å². The van der Waals surface area contributed by atoms with Gasteiger partial charge in [-0.2, -0.15) is 8.78 Å². The minimum Gasteiger partial charge on any atom is -0.436 e. The van der Waals surface area contributed by atoms with Crippen molar-refractivity contribution < 1.29 is 18.0 Å². The maximum absolute atomic E-state index is 13.5. The van der Waals surface area contributed by atoms with Gasteiger partial charge in [0.25, 0.3) is 5.91 Å². The zero-order valence-corrected chi connectivity index (χ0v) is 23.5. The Morgan fingerprint density at radius 2 is 1.80 bits per heavy atom. The number of oxazole rings is 1. The number of imidazole rings is 1. The Kier molecular flexibility index (Phi) is 7.10. The fraction of sp³-hybridized carbons (Fsp3) is 0.233. The fourth-order valence-electron chi connectivity index (χ4n) is 5.46. The van der Waals surface area contributed by atoms with Crippen LogP contribution in [0, 0.1) is 0 Å². The summed E-state index contributed by atoms with van der Waals surface area (Å²) in [7, 11) is 1.93. The highest BCUT2D eigenvalue weighted by Gasteiger charge is 2.32. The summed E-state index contributed by atoms with van der Waals surface area (Å²) in [4.78, 5) is 30.8. The molecule has 1 aliphatic rings. The summed E-state index contributed by atoms with van der Waals surface area (Å²) in [5.41, 5.74) is 5.00. The van der Waals surface area contributed by atoms with Gasteiger partial charge in [-0.05, 0) is 41.1 Å². The Hall–Kier alpha value is -5.37. The van der Waals surface area contributed by atoms with Crippen LogP contribution in [0.15, 0.2) is 83.8 Å². The minimum atomic E-state index is -2.88. The number of hydrogen-bond acceptors (Lipinski definition) is 9. The first kappa shape index (κ1) is 27.5. The van der Waals surface area contributed by atoms with Gasteiger partial charge in [0.05, 0.1) is 24.3 Å². The highest BCUT2D eigenvalue weighted by Crippen LogP contribution is 2.30. The van der Waals surface area contributed by atoms with E-state index in [1.54, 1.807) is 35.8 Å². The molecule has 44 heavy (non-hydrogen) atoms. The molecule has 0 radical (unpaired) electrons. The van der Waals surface area contributed by atoms with Gasteiger partial charge in [-0.3, -0.25) is 14.7 Å². The van der Waals surface area contributed by atoms with E-state index in [2.05, 4.69) is 35.3 Å². The van der Waals surface area contributed by atoms with Gasteiger partial charge in [0, 0.05) is 50.6 Å². The third-order valence-electron chi connectivity index (χ3n) is 7.67. The summed E-state index contributed by atoms with van der Waals surface area (Å²) >= 11 is 0. The van der Waals surface area contributed by atoms with Crippen molar-refractivity contribution in [2.24, 2.45) is 7.05 Å². The first-order chi connectivity index (χ1) is 21.4. The zero-order valence-electron chi connectivity index (χ0n) is 23.5. The average Bonchev–Trinajstić information content (AvgIpc) is 3.82. The van der Waals surface area contributed by atoms with Crippen molar-refractivity contribution in [2.45, 2.75) is 12.6 Å². The smallest absolute Gasteiger partial charge is 0.350 e. The number of nitrogens with zero attached hydrogens (tertiary/aromatic N) is 10. The second kappa shape index (κ2) is 11.4. The molecule has 0 N–H and O–H groups in total. The molecule has 4 aromatic heterocycles. The Morgan fingerprint density at radius 3 is 2.52 bits per heavy atom. The molecule has 1 aliphatic heterocycles. The van der Waals surface area contributed by atoms with E-state index in [-0.39, 0.29) is 17.4 Å². The van der Waals surface area contributed by atoms with Crippen molar-refractivity contribution in [3.05, 3.63) is 96.5 Å². The SMILES string of the molecule is Cn1cncc1-c1ccc2oc(-c3ccnc(C(=O)N4CCN([C@H](c5ccccc5)c5nnn(C(F)F)n5)CC4)c3)nc2c1. The van der Waals surface area contributed by atoms with Gasteiger partial charge in [0.15, 0.2) is 11.4 Å². The first-order valence-corrected chi connectivity index (χ1v) is 13.9. The number of piperazine rings is 1. The summed E-state index contributed by atoms with van der Waals surface area (Å²) in [5, 5.41) is 11.4. The molecule has 6 aromatic rings. The molecule has 1 amide bonds. The lowest BCUT2D eigenvalue weighted by Crippen LogP contribution is -2.50. The van der Waals surface area contributed by atoms with Gasteiger partial charge >= 0.3 is 6.55 Å². The van der Waals surface area contributed by atoms with E-state index in [0.717, 1.165) is 16.8 Å². The molecule has 1 saturated heterocycles. The number of aryl methyl sites for hydroxylation is 1. The lowest BCUT2D eigenvalue weighted by molar-refractivity contribution is 0.0385. The summed E-state index contributed by atoms with van der Waals surface area (Å²) in [6, 6.07) is 18.1. The van der Waals surface area contributed by atoms with Crippen LogP contribution in [-0.2, 0) is 7.05 Å². The standard InChI is InChI=1S/C30H26F2N10O2/c1-39-18-33-17-24(39)20-7-8-25-22(15-20)35-28(44-25)21-9-10-34-23(16-21)29(43)41-13-11-40(12-14-41)26(19-5-3-2-4-6-19)27-36-38-42(37-27)30(31)32/h2-10,15-18,26,30H,11-14H2,1H3/t26-/m1/s1. The molecule has 5 heterocycles. The average molecular weight is 597 g/mol. The third kappa shape index (κ3) is 5.19. The van der Waals surface area contributed by atoms with Crippen LogP contribution < -0.4 is 0 Å². The molecule has 0 spiro atoms. The molecule has 0 unspecified atom stereocenters. The monoisotopic (exact) mass is 596 g/mol. The van der Waals surface area contributed by atoms with Crippen molar-refractivity contribution >= 4 is 17.0 Å². The van der Waals surface area contributed by atoms with E-state index < -0.39 is 12.6 Å². The number of hydrogen-bond donors (Lipinski definition) is 0. The van der Waals surface area contributed by atoms with Crippen LogP contribution in [-0.4, -0.2) is 81.6 Å². The summed E-state index contributed by atoms with van der Waals surface area (Å²) in [6.45, 7) is -1.14. The normalized spacial score (nSPS) is 14.9. The van der Waals surface area contributed by atoms with Crippen LogP contribution in [0.5, 0.6) is 0 Å². The lowest BCUT2D eigenvalue weighted by atomic mass is 10.0. The van der Waals surface area contributed by atoms with Crippen LogP contribution in [0.3, 0.4) is 0 Å². The predicted molar refractivity (Wildman–Crippen MR) is 154 cm³/mol. The summed E-state index contributed by atoms with van der Waals surface area (Å²) < 4.78 is 34.3. The number of carbonyl (C=O) groups is 1. The molecule has 1 fully saturated rings. The van der Waals surface area contributed by atoms with Crippen molar-refractivity contribution in [1.82, 2.24) is 49.5 Å². The molecule has 12 nitrogen and oxygen atoms in total. The molecule has 1 atom stereocenters.